The van der Waals surface area contributed by atoms with Gasteiger partial charge in [0.25, 0.3) is 11.8 Å². The van der Waals surface area contributed by atoms with E-state index < -0.39 is 0 Å². The van der Waals surface area contributed by atoms with Crippen molar-refractivity contribution in [1.82, 2.24) is 4.31 Å². The van der Waals surface area contributed by atoms with Crippen LogP contribution in [0, 0.1) is 0 Å². The molecular formula is C32H41N3O4S2. The molecule has 1 saturated heterocycles. The Kier molecular flexibility index (Phi) is 11.7. The molecule has 0 radical (unpaired) electrons. The van der Waals surface area contributed by atoms with E-state index in [0.717, 1.165) is 75.3 Å². The van der Waals surface area contributed by atoms with Crippen LogP contribution < -0.4 is 15.4 Å². The predicted octanol–water partition coefficient (Wildman–Crippen LogP) is 7.38. The zero-order valence-corrected chi connectivity index (χ0v) is 26.1. The van der Waals surface area contributed by atoms with Crippen molar-refractivity contribution >= 4 is 45.8 Å². The number of amides is 2. The summed E-state index contributed by atoms with van der Waals surface area (Å²) in [4.78, 5) is 29.5. The largest absolute Gasteiger partial charge is 0.497 e. The molecule has 5 rings (SSSR count). The van der Waals surface area contributed by atoms with Gasteiger partial charge in [-0.2, -0.15) is 0 Å². The molecule has 0 saturated carbocycles. The Balaban J connectivity index is 0.00000189. The highest BCUT2D eigenvalue weighted by atomic mass is 32.2. The molecule has 0 unspecified atom stereocenters. The Hall–Kier alpha value is -2.85. The number of nitrogens with one attached hydrogen (secondary N) is 2. The number of carbonyl (C=O) groups excluding carboxylic acids is 2. The van der Waals surface area contributed by atoms with Crippen molar-refractivity contribution in [2.45, 2.75) is 59.3 Å². The number of aryl methyl sites for hydroxylation is 1. The number of carbonyl (C=O) groups is 2. The van der Waals surface area contributed by atoms with Crippen molar-refractivity contribution in [2.75, 3.05) is 44.0 Å². The van der Waals surface area contributed by atoms with Gasteiger partial charge in [0.1, 0.15) is 10.8 Å². The minimum absolute atomic E-state index is 0.177. The molecule has 0 bridgehead atoms. The van der Waals surface area contributed by atoms with Crippen molar-refractivity contribution in [3.8, 4) is 5.75 Å². The van der Waals surface area contributed by atoms with E-state index in [-0.39, 0.29) is 11.8 Å². The van der Waals surface area contributed by atoms with Gasteiger partial charge in [-0.05, 0) is 92.8 Å². The third-order valence-corrected chi connectivity index (χ3v) is 9.46. The van der Waals surface area contributed by atoms with Crippen LogP contribution in [0.3, 0.4) is 0 Å². The van der Waals surface area contributed by atoms with Gasteiger partial charge in [-0.15, -0.1) is 11.3 Å². The highest BCUT2D eigenvalue weighted by Crippen LogP contribution is 2.39. The standard InChI is InChI=1S/C30H35N3O4S2.C2H6/c1-20-8-13-23(39-33-16-5-18-37-19-17-33)14-15-24(20)28(34)32-30-27(25-6-3-4-7-26(25)38-30)29(35)31-21-9-11-22(36-2)12-10-21;1-2/h8-13,15H,3-7,14,16-19H2,1-2H3,(H,31,35)(H,32,34);1-2H3. The third kappa shape index (κ3) is 8.13. The van der Waals surface area contributed by atoms with E-state index in [1.807, 2.05) is 57.2 Å². The first kappa shape index (κ1) is 31.1. The molecule has 1 fully saturated rings. The second kappa shape index (κ2) is 15.4. The summed E-state index contributed by atoms with van der Waals surface area (Å²) in [5.41, 5.74) is 3.90. The van der Waals surface area contributed by atoms with Crippen LogP contribution in [0.15, 0.2) is 58.5 Å². The normalized spacial score (nSPS) is 17.3. The van der Waals surface area contributed by atoms with Gasteiger partial charge in [0, 0.05) is 40.7 Å². The van der Waals surface area contributed by atoms with Crippen molar-refractivity contribution in [3.63, 3.8) is 0 Å². The molecule has 2 N–H and O–H groups in total. The summed E-state index contributed by atoms with van der Waals surface area (Å²) in [6.45, 7) is 9.41. The smallest absolute Gasteiger partial charge is 0.258 e. The molecule has 1 aromatic heterocycles. The van der Waals surface area contributed by atoms with Crippen LogP contribution in [0.2, 0.25) is 0 Å². The van der Waals surface area contributed by atoms with Gasteiger partial charge in [-0.3, -0.25) is 9.59 Å². The van der Waals surface area contributed by atoms with Crippen molar-refractivity contribution in [3.05, 3.63) is 74.5 Å². The maximum absolute atomic E-state index is 13.6. The number of allylic oxidation sites excluding steroid dienone is 4. The molecule has 1 aromatic carbocycles. The van der Waals surface area contributed by atoms with E-state index in [9.17, 15) is 9.59 Å². The Labute approximate surface area is 252 Å². The highest BCUT2D eigenvalue weighted by molar-refractivity contribution is 8.00. The van der Waals surface area contributed by atoms with Gasteiger partial charge in [0.2, 0.25) is 0 Å². The second-order valence-electron chi connectivity index (χ2n) is 9.84. The average molecular weight is 596 g/mol. The monoisotopic (exact) mass is 595 g/mol. The van der Waals surface area contributed by atoms with E-state index >= 15 is 0 Å². The number of anilines is 2. The molecule has 2 amide bonds. The Morgan fingerprint density at radius 2 is 1.76 bits per heavy atom. The van der Waals surface area contributed by atoms with Gasteiger partial charge in [0.05, 0.1) is 19.3 Å². The molecule has 220 valence electrons. The molecule has 1 aliphatic heterocycles. The van der Waals surface area contributed by atoms with Crippen molar-refractivity contribution in [1.29, 1.82) is 0 Å². The Morgan fingerprint density at radius 3 is 2.54 bits per heavy atom. The van der Waals surface area contributed by atoms with E-state index in [1.165, 1.54) is 21.1 Å². The first-order valence-corrected chi connectivity index (χ1v) is 16.1. The summed E-state index contributed by atoms with van der Waals surface area (Å²) in [6, 6.07) is 7.27. The van der Waals surface area contributed by atoms with Gasteiger partial charge >= 0.3 is 0 Å². The number of hydrogen-bond donors (Lipinski definition) is 2. The number of rotatable bonds is 7. The zero-order chi connectivity index (χ0) is 29.2. The first-order valence-electron chi connectivity index (χ1n) is 14.5. The van der Waals surface area contributed by atoms with E-state index in [4.69, 9.17) is 9.47 Å². The van der Waals surface area contributed by atoms with Crippen LogP contribution in [-0.2, 0) is 22.4 Å². The summed E-state index contributed by atoms with van der Waals surface area (Å²) in [5, 5.41) is 6.76. The molecule has 7 nitrogen and oxygen atoms in total. The number of hydrogen-bond acceptors (Lipinski definition) is 7. The highest BCUT2D eigenvalue weighted by Gasteiger charge is 2.27. The number of benzene rings is 1. The van der Waals surface area contributed by atoms with E-state index in [1.54, 1.807) is 19.1 Å². The summed E-state index contributed by atoms with van der Waals surface area (Å²) in [7, 11) is 1.61. The number of thiophene rings is 1. The van der Waals surface area contributed by atoms with Crippen LogP contribution in [0.1, 0.15) is 67.3 Å². The lowest BCUT2D eigenvalue weighted by atomic mass is 9.95. The maximum atomic E-state index is 13.6. The predicted molar refractivity (Wildman–Crippen MR) is 171 cm³/mol. The van der Waals surface area contributed by atoms with Crippen molar-refractivity contribution in [2.24, 2.45) is 0 Å². The van der Waals surface area contributed by atoms with Crippen LogP contribution in [0.5, 0.6) is 5.75 Å². The molecule has 2 aliphatic carbocycles. The van der Waals surface area contributed by atoms with E-state index in [0.29, 0.717) is 28.2 Å². The topological polar surface area (TPSA) is 79.9 Å². The molecule has 0 atom stereocenters. The van der Waals surface area contributed by atoms with Gasteiger partial charge in [-0.25, -0.2) is 4.31 Å². The maximum Gasteiger partial charge on any atom is 0.258 e. The number of nitrogens with zero attached hydrogens (tertiary/aromatic N) is 1. The lowest BCUT2D eigenvalue weighted by Crippen LogP contribution is -2.20. The fourth-order valence-electron chi connectivity index (χ4n) is 4.99. The quantitative estimate of drug-likeness (QED) is 0.325. The SMILES string of the molecule is CC.COc1ccc(NC(=O)c2c(NC(=O)C3=CCC(SN4CCCOCC4)=CC=C3C)sc3c2CCCC3)cc1. The van der Waals surface area contributed by atoms with Crippen LogP contribution in [0.25, 0.3) is 0 Å². The minimum atomic E-state index is -0.196. The van der Waals surface area contributed by atoms with Crippen molar-refractivity contribution < 1.29 is 19.1 Å². The molecule has 41 heavy (non-hydrogen) atoms. The summed E-state index contributed by atoms with van der Waals surface area (Å²) in [5.74, 6) is 0.355. The van der Waals surface area contributed by atoms with Gasteiger partial charge in [-0.1, -0.05) is 32.1 Å². The van der Waals surface area contributed by atoms with Crippen LogP contribution >= 0.6 is 23.3 Å². The molecule has 9 heteroatoms. The van der Waals surface area contributed by atoms with Gasteiger partial charge in [0.15, 0.2) is 0 Å². The molecule has 3 aliphatic rings. The molecule has 2 heterocycles. The average Bonchev–Trinajstić information content (AvgIpc) is 3.11. The summed E-state index contributed by atoms with van der Waals surface area (Å²) < 4.78 is 13.1. The number of methoxy groups -OCH3 is 1. The summed E-state index contributed by atoms with van der Waals surface area (Å²) in [6.07, 6.45) is 11.8. The lowest BCUT2D eigenvalue weighted by molar-refractivity contribution is -0.112. The molecule has 0 spiro atoms. The van der Waals surface area contributed by atoms with Gasteiger partial charge < -0.3 is 20.1 Å². The third-order valence-electron chi connectivity index (χ3n) is 7.10. The van der Waals surface area contributed by atoms with Crippen LogP contribution in [0.4, 0.5) is 10.7 Å². The van der Waals surface area contributed by atoms with Crippen LogP contribution in [-0.4, -0.2) is 49.5 Å². The van der Waals surface area contributed by atoms with E-state index in [2.05, 4.69) is 21.0 Å². The number of fused-ring (bicyclic) bond motifs is 1. The lowest BCUT2D eigenvalue weighted by Gasteiger charge is -2.18. The first-order chi connectivity index (χ1) is 20.0. The molecule has 2 aromatic rings. The summed E-state index contributed by atoms with van der Waals surface area (Å²) >= 11 is 3.29. The number of ether oxygens (including phenoxy) is 2. The Morgan fingerprint density at radius 1 is 0.976 bits per heavy atom. The Bertz CT molecular complexity index is 1300. The zero-order valence-electron chi connectivity index (χ0n) is 24.5. The minimum Gasteiger partial charge on any atom is -0.497 e. The molecular weight excluding hydrogens is 555 g/mol. The second-order valence-corrected chi connectivity index (χ2v) is 12.2. The fourth-order valence-corrected chi connectivity index (χ4v) is 7.28. The fraction of sp³-hybridized carbons (Fsp3) is 0.438.